The van der Waals surface area contributed by atoms with Gasteiger partial charge in [-0.2, -0.15) is 0 Å². The minimum atomic E-state index is -0.0435. The average Bonchev–Trinajstić information content (AvgIpc) is 3.04. The molecular weight excluding hydrogens is 334 g/mol. The van der Waals surface area contributed by atoms with Crippen molar-refractivity contribution in [2.75, 3.05) is 32.9 Å². The van der Waals surface area contributed by atoms with Crippen LogP contribution in [0.15, 0.2) is 28.7 Å². The number of likely N-dealkylation sites (tertiary alicyclic amines) is 1. The summed E-state index contributed by atoms with van der Waals surface area (Å²) >= 11 is 3.43. The van der Waals surface area contributed by atoms with Gasteiger partial charge in [0.05, 0.1) is 19.3 Å². The lowest BCUT2D eigenvalue weighted by Gasteiger charge is -2.37. The molecule has 21 heavy (non-hydrogen) atoms. The van der Waals surface area contributed by atoms with Crippen molar-refractivity contribution < 1.29 is 14.2 Å². The number of rotatable bonds is 5. The van der Waals surface area contributed by atoms with Gasteiger partial charge in [0.2, 0.25) is 0 Å². The second-order valence-corrected chi connectivity index (χ2v) is 6.43. The van der Waals surface area contributed by atoms with E-state index in [1.807, 2.05) is 24.3 Å². The molecule has 5 heteroatoms. The molecule has 2 heterocycles. The number of nitrogens with zero attached hydrogens (tertiary/aromatic N) is 1. The molecule has 0 aromatic heterocycles. The zero-order valence-electron chi connectivity index (χ0n) is 12.2. The van der Waals surface area contributed by atoms with Crippen molar-refractivity contribution >= 4 is 15.9 Å². The maximum Gasteiger partial charge on any atom is 0.173 e. The largest absolute Gasteiger partial charge is 0.492 e. The first-order valence-corrected chi connectivity index (χ1v) is 8.48. The van der Waals surface area contributed by atoms with E-state index in [0.29, 0.717) is 12.6 Å². The highest BCUT2D eigenvalue weighted by Crippen LogP contribution is 2.24. The van der Waals surface area contributed by atoms with Crippen molar-refractivity contribution in [2.45, 2.75) is 31.6 Å². The van der Waals surface area contributed by atoms with Crippen molar-refractivity contribution in [3.63, 3.8) is 0 Å². The predicted molar refractivity (Wildman–Crippen MR) is 84.5 cm³/mol. The van der Waals surface area contributed by atoms with Crippen LogP contribution in [0.1, 0.15) is 19.3 Å². The lowest BCUT2D eigenvalue weighted by molar-refractivity contribution is -0.110. The fraction of sp³-hybridized carbons (Fsp3) is 0.625. The Kier molecular flexibility index (Phi) is 5.52. The zero-order valence-corrected chi connectivity index (χ0v) is 13.8. The topological polar surface area (TPSA) is 30.9 Å². The Bertz CT molecular complexity index is 434. The molecular formula is C16H22BrNO3. The van der Waals surface area contributed by atoms with Gasteiger partial charge in [-0.25, -0.2) is 0 Å². The van der Waals surface area contributed by atoms with E-state index in [2.05, 4.69) is 20.8 Å². The predicted octanol–water partition coefficient (Wildman–Crippen LogP) is 3.06. The summed E-state index contributed by atoms with van der Waals surface area (Å²) in [7, 11) is 0. The monoisotopic (exact) mass is 355 g/mol. The van der Waals surface area contributed by atoms with Crippen molar-refractivity contribution in [1.82, 2.24) is 4.90 Å². The number of hydrogen-bond donors (Lipinski definition) is 0. The van der Waals surface area contributed by atoms with Crippen LogP contribution in [0, 0.1) is 0 Å². The fourth-order valence-electron chi connectivity index (χ4n) is 3.01. The Morgan fingerprint density at radius 2 is 1.90 bits per heavy atom. The molecule has 0 aliphatic carbocycles. The Hall–Kier alpha value is -0.620. The maximum absolute atomic E-state index is 5.83. The van der Waals surface area contributed by atoms with E-state index >= 15 is 0 Å². The Morgan fingerprint density at radius 3 is 2.67 bits per heavy atom. The van der Waals surface area contributed by atoms with Gasteiger partial charge in [0, 0.05) is 11.0 Å². The summed E-state index contributed by atoms with van der Waals surface area (Å²) in [5.41, 5.74) is 0. The van der Waals surface area contributed by atoms with Gasteiger partial charge in [-0.3, -0.25) is 4.90 Å². The summed E-state index contributed by atoms with van der Waals surface area (Å²) in [6.45, 7) is 4.18. The fourth-order valence-corrected chi connectivity index (χ4v) is 3.28. The van der Waals surface area contributed by atoms with Crippen molar-refractivity contribution in [1.29, 1.82) is 0 Å². The molecule has 0 saturated carbocycles. The molecule has 2 aliphatic rings. The molecule has 3 rings (SSSR count). The number of hydrogen-bond acceptors (Lipinski definition) is 4. The van der Waals surface area contributed by atoms with Gasteiger partial charge in [0.1, 0.15) is 12.4 Å². The molecule has 4 nitrogen and oxygen atoms in total. The first-order chi connectivity index (χ1) is 10.3. The third-order valence-electron chi connectivity index (χ3n) is 4.09. The molecule has 1 unspecified atom stereocenters. The van der Waals surface area contributed by atoms with Crippen LogP contribution >= 0.6 is 15.9 Å². The van der Waals surface area contributed by atoms with Crippen LogP contribution in [0.3, 0.4) is 0 Å². The molecule has 1 aromatic rings. The van der Waals surface area contributed by atoms with Gasteiger partial charge in [0.25, 0.3) is 0 Å². The summed E-state index contributed by atoms with van der Waals surface area (Å²) in [6.07, 6.45) is 3.63. The van der Waals surface area contributed by atoms with Gasteiger partial charge in [-0.15, -0.1) is 0 Å². The van der Waals surface area contributed by atoms with Crippen molar-refractivity contribution in [3.8, 4) is 5.75 Å². The van der Waals surface area contributed by atoms with E-state index in [1.54, 1.807) is 0 Å². The molecule has 0 radical (unpaired) electrons. The van der Waals surface area contributed by atoms with E-state index < -0.39 is 0 Å². The lowest BCUT2D eigenvalue weighted by Crippen LogP contribution is -2.48. The molecule has 2 saturated heterocycles. The van der Waals surface area contributed by atoms with Gasteiger partial charge in [-0.1, -0.05) is 22.4 Å². The normalized spacial score (nSPS) is 24.3. The minimum Gasteiger partial charge on any atom is -0.492 e. The molecule has 2 fully saturated rings. The Labute approximate surface area is 134 Å². The molecule has 0 N–H and O–H groups in total. The molecule has 116 valence electrons. The van der Waals surface area contributed by atoms with Crippen LogP contribution in [0.4, 0.5) is 0 Å². The second-order valence-electron chi connectivity index (χ2n) is 5.51. The molecule has 1 aromatic carbocycles. The number of ether oxygens (including phenoxy) is 3. The number of benzene rings is 1. The van der Waals surface area contributed by atoms with E-state index in [1.165, 1.54) is 12.8 Å². The number of halogens is 1. The molecule has 0 amide bonds. The Morgan fingerprint density at radius 1 is 1.14 bits per heavy atom. The molecule has 2 aliphatic heterocycles. The van der Waals surface area contributed by atoms with Crippen LogP contribution in [-0.4, -0.2) is 50.1 Å². The SMILES string of the molecule is Brc1ccc(OCCN2CCCCC2C2OCCO2)cc1. The van der Waals surface area contributed by atoms with Gasteiger partial charge < -0.3 is 14.2 Å². The third-order valence-corrected chi connectivity index (χ3v) is 4.62. The molecule has 0 spiro atoms. The summed E-state index contributed by atoms with van der Waals surface area (Å²) in [5.74, 6) is 0.917. The van der Waals surface area contributed by atoms with Crippen LogP contribution in [0.5, 0.6) is 5.75 Å². The van der Waals surface area contributed by atoms with Crippen LogP contribution in [0.25, 0.3) is 0 Å². The Balaban J connectivity index is 1.49. The maximum atomic E-state index is 5.83. The van der Waals surface area contributed by atoms with Gasteiger partial charge in [-0.05, 0) is 43.7 Å². The first kappa shape index (κ1) is 15.3. The summed E-state index contributed by atoms with van der Waals surface area (Å²) < 4.78 is 18.3. The van der Waals surface area contributed by atoms with E-state index in [-0.39, 0.29) is 6.29 Å². The van der Waals surface area contributed by atoms with Crippen LogP contribution < -0.4 is 4.74 Å². The highest BCUT2D eigenvalue weighted by molar-refractivity contribution is 9.10. The second kappa shape index (κ2) is 7.58. The quantitative estimate of drug-likeness (QED) is 0.812. The highest BCUT2D eigenvalue weighted by atomic mass is 79.9. The van der Waals surface area contributed by atoms with Gasteiger partial charge in [0.15, 0.2) is 6.29 Å². The van der Waals surface area contributed by atoms with E-state index in [4.69, 9.17) is 14.2 Å². The van der Waals surface area contributed by atoms with Crippen molar-refractivity contribution in [2.24, 2.45) is 0 Å². The first-order valence-electron chi connectivity index (χ1n) is 7.68. The summed E-state index contributed by atoms with van der Waals surface area (Å²) in [4.78, 5) is 2.46. The zero-order chi connectivity index (χ0) is 14.5. The van der Waals surface area contributed by atoms with E-state index in [9.17, 15) is 0 Å². The highest BCUT2D eigenvalue weighted by Gasteiger charge is 2.33. The summed E-state index contributed by atoms with van der Waals surface area (Å²) in [5, 5.41) is 0. The smallest absolute Gasteiger partial charge is 0.173 e. The standard InChI is InChI=1S/C16H22BrNO3/c17-13-4-6-14(7-5-13)19-10-9-18-8-2-1-3-15(18)16-20-11-12-21-16/h4-7,15-16H,1-3,8-12H2. The lowest BCUT2D eigenvalue weighted by atomic mass is 10.0. The molecule has 0 bridgehead atoms. The summed E-state index contributed by atoms with van der Waals surface area (Å²) in [6, 6.07) is 8.36. The van der Waals surface area contributed by atoms with Crippen molar-refractivity contribution in [3.05, 3.63) is 28.7 Å². The minimum absolute atomic E-state index is 0.0435. The molecule has 1 atom stereocenters. The van der Waals surface area contributed by atoms with Crippen LogP contribution in [0.2, 0.25) is 0 Å². The number of piperidine rings is 1. The van der Waals surface area contributed by atoms with Gasteiger partial charge >= 0.3 is 0 Å². The van der Waals surface area contributed by atoms with Crippen LogP contribution in [-0.2, 0) is 9.47 Å². The average molecular weight is 356 g/mol. The third kappa shape index (κ3) is 4.19. The van der Waals surface area contributed by atoms with E-state index in [0.717, 1.165) is 42.9 Å².